The summed E-state index contributed by atoms with van der Waals surface area (Å²) in [6.45, 7) is 4.70. The van der Waals surface area contributed by atoms with Gasteiger partial charge in [0.25, 0.3) is 0 Å². The Morgan fingerprint density at radius 1 is 0.367 bits per heavy atom. The van der Waals surface area contributed by atoms with Crippen LogP contribution < -0.4 is 4.90 Å². The summed E-state index contributed by atoms with van der Waals surface area (Å²) in [7, 11) is 0. The minimum atomic E-state index is -0.0858. The molecule has 1 aliphatic rings. The number of aromatic nitrogens is 2. The summed E-state index contributed by atoms with van der Waals surface area (Å²) >= 11 is 0. The smallest absolute Gasteiger partial charge is 0.0641 e. The second-order valence-electron chi connectivity index (χ2n) is 16.6. The van der Waals surface area contributed by atoms with E-state index in [0.717, 1.165) is 28.4 Å². The van der Waals surface area contributed by atoms with E-state index < -0.39 is 0 Å². The van der Waals surface area contributed by atoms with Gasteiger partial charge in [0.15, 0.2) is 0 Å². The molecule has 3 nitrogen and oxygen atoms in total. The molecule has 9 aromatic carbocycles. The standard InChI is InChI=1S/C57H41N3/c1-57(2)50-24-14-12-22-45(50)46-32-31-44(37-51(46)57)58(40-16-6-3-7-17-40)43-29-26-38(27-30-43)39-28-34-53-49(36-39)55-54(59(53)41-18-8-4-9-19-41)35-33-48-47-23-13-15-25-52(47)60(56(48)55)42-20-10-5-11-21-42/h3-37H,1-2H3. The van der Waals surface area contributed by atoms with Gasteiger partial charge in [-0.3, -0.25) is 0 Å². The van der Waals surface area contributed by atoms with Crippen LogP contribution in [0, 0.1) is 0 Å². The van der Waals surface area contributed by atoms with Crippen molar-refractivity contribution >= 4 is 60.7 Å². The van der Waals surface area contributed by atoms with Crippen molar-refractivity contribution in [3.05, 3.63) is 223 Å². The minimum Gasteiger partial charge on any atom is -0.310 e. The second-order valence-corrected chi connectivity index (χ2v) is 16.6. The lowest BCUT2D eigenvalue weighted by Gasteiger charge is -2.28. The van der Waals surface area contributed by atoms with Crippen LogP contribution >= 0.6 is 0 Å². The molecule has 2 aromatic heterocycles. The van der Waals surface area contributed by atoms with E-state index in [1.165, 1.54) is 77.0 Å². The molecule has 0 amide bonds. The van der Waals surface area contributed by atoms with Gasteiger partial charge in [-0.05, 0) is 118 Å². The van der Waals surface area contributed by atoms with Crippen LogP contribution in [0.4, 0.5) is 17.1 Å². The molecule has 60 heavy (non-hydrogen) atoms. The van der Waals surface area contributed by atoms with Gasteiger partial charge in [-0.1, -0.05) is 141 Å². The summed E-state index contributed by atoms with van der Waals surface area (Å²) in [6.07, 6.45) is 0. The number of hydrogen-bond donors (Lipinski definition) is 0. The largest absolute Gasteiger partial charge is 0.310 e. The lowest BCUT2D eigenvalue weighted by Crippen LogP contribution is -2.16. The van der Waals surface area contributed by atoms with Crippen molar-refractivity contribution in [3.63, 3.8) is 0 Å². The highest BCUT2D eigenvalue weighted by atomic mass is 15.1. The van der Waals surface area contributed by atoms with Crippen molar-refractivity contribution in [3.8, 4) is 33.6 Å². The molecule has 284 valence electrons. The van der Waals surface area contributed by atoms with E-state index in [4.69, 9.17) is 0 Å². The average molecular weight is 768 g/mol. The Kier molecular flexibility index (Phi) is 7.58. The van der Waals surface area contributed by atoms with Gasteiger partial charge in [0, 0.05) is 55.4 Å². The molecule has 0 saturated heterocycles. The Labute approximate surface area is 349 Å². The van der Waals surface area contributed by atoms with Gasteiger partial charge in [-0.2, -0.15) is 0 Å². The molecule has 0 atom stereocenters. The monoisotopic (exact) mass is 767 g/mol. The highest BCUT2D eigenvalue weighted by molar-refractivity contribution is 6.26. The van der Waals surface area contributed by atoms with Crippen molar-refractivity contribution in [2.45, 2.75) is 19.3 Å². The van der Waals surface area contributed by atoms with Crippen LogP contribution in [-0.2, 0) is 5.41 Å². The molecule has 0 radical (unpaired) electrons. The van der Waals surface area contributed by atoms with Crippen LogP contribution in [0.25, 0.3) is 77.2 Å². The van der Waals surface area contributed by atoms with Crippen LogP contribution in [-0.4, -0.2) is 9.13 Å². The molecular weight excluding hydrogens is 727 g/mol. The molecule has 3 heteroatoms. The molecule has 12 rings (SSSR count). The zero-order chi connectivity index (χ0) is 40.0. The Hall–Kier alpha value is -7.62. The maximum absolute atomic E-state index is 2.46. The summed E-state index contributed by atoms with van der Waals surface area (Å²) < 4.78 is 4.89. The van der Waals surface area contributed by atoms with Crippen LogP contribution in [0.3, 0.4) is 0 Å². The summed E-state index contributed by atoms with van der Waals surface area (Å²) in [5.41, 5.74) is 18.2. The molecule has 0 bridgehead atoms. The van der Waals surface area contributed by atoms with E-state index in [0.29, 0.717) is 0 Å². The number of nitrogens with zero attached hydrogens (tertiary/aromatic N) is 3. The molecule has 0 saturated carbocycles. The number of para-hydroxylation sites is 4. The van der Waals surface area contributed by atoms with E-state index in [2.05, 4.69) is 240 Å². The zero-order valence-corrected chi connectivity index (χ0v) is 33.5. The molecule has 0 aliphatic heterocycles. The first-order valence-electron chi connectivity index (χ1n) is 20.9. The van der Waals surface area contributed by atoms with Gasteiger partial charge < -0.3 is 14.0 Å². The summed E-state index contributed by atoms with van der Waals surface area (Å²) in [6, 6.07) is 77.7. The van der Waals surface area contributed by atoms with E-state index >= 15 is 0 Å². The topological polar surface area (TPSA) is 13.1 Å². The number of hydrogen-bond acceptors (Lipinski definition) is 1. The fourth-order valence-corrected chi connectivity index (χ4v) is 10.1. The quantitative estimate of drug-likeness (QED) is 0.164. The van der Waals surface area contributed by atoms with Crippen LogP contribution in [0.1, 0.15) is 25.0 Å². The Balaban J connectivity index is 1.04. The lowest BCUT2D eigenvalue weighted by atomic mass is 9.82. The van der Waals surface area contributed by atoms with Gasteiger partial charge in [0.1, 0.15) is 0 Å². The Morgan fingerprint density at radius 2 is 0.933 bits per heavy atom. The first-order chi connectivity index (χ1) is 29.5. The Bertz CT molecular complexity index is 3430. The normalized spacial score (nSPS) is 13.0. The SMILES string of the molecule is CC1(C)c2ccccc2-c2ccc(N(c3ccccc3)c3ccc(-c4ccc5c(c4)c4c(ccc6c7ccccc7n(-c7ccccc7)c64)n5-c4ccccc4)cc3)cc21. The van der Waals surface area contributed by atoms with E-state index in [9.17, 15) is 0 Å². The van der Waals surface area contributed by atoms with E-state index in [1.807, 2.05) is 0 Å². The predicted octanol–water partition coefficient (Wildman–Crippen LogP) is 15.3. The first-order valence-corrected chi connectivity index (χ1v) is 20.9. The molecule has 0 spiro atoms. The molecule has 11 aromatic rings. The Morgan fingerprint density at radius 3 is 1.70 bits per heavy atom. The summed E-state index contributed by atoms with van der Waals surface area (Å²) in [4.78, 5) is 2.39. The highest BCUT2D eigenvalue weighted by Crippen LogP contribution is 2.51. The van der Waals surface area contributed by atoms with Crippen molar-refractivity contribution < 1.29 is 0 Å². The van der Waals surface area contributed by atoms with Crippen molar-refractivity contribution in [2.24, 2.45) is 0 Å². The second kappa shape index (κ2) is 13.2. The fraction of sp³-hybridized carbons (Fsp3) is 0.0526. The number of benzene rings is 9. The lowest BCUT2D eigenvalue weighted by molar-refractivity contribution is 0.660. The number of anilines is 3. The van der Waals surface area contributed by atoms with Crippen molar-refractivity contribution in [1.29, 1.82) is 0 Å². The molecule has 0 unspecified atom stereocenters. The third-order valence-corrected chi connectivity index (χ3v) is 12.9. The van der Waals surface area contributed by atoms with Gasteiger partial charge in [0.2, 0.25) is 0 Å². The minimum absolute atomic E-state index is 0.0858. The average Bonchev–Trinajstić information content (AvgIpc) is 3.90. The first kappa shape index (κ1) is 34.4. The molecule has 0 N–H and O–H groups in total. The van der Waals surface area contributed by atoms with Crippen LogP contribution in [0.15, 0.2) is 212 Å². The third kappa shape index (κ3) is 5.09. The van der Waals surface area contributed by atoms with Gasteiger partial charge in [-0.15, -0.1) is 0 Å². The third-order valence-electron chi connectivity index (χ3n) is 12.9. The summed E-state index contributed by atoms with van der Waals surface area (Å²) in [5, 5.41) is 4.99. The van der Waals surface area contributed by atoms with Gasteiger partial charge >= 0.3 is 0 Å². The highest BCUT2D eigenvalue weighted by Gasteiger charge is 2.35. The van der Waals surface area contributed by atoms with Gasteiger partial charge in [0.05, 0.1) is 22.1 Å². The maximum Gasteiger partial charge on any atom is 0.0641 e. The molecule has 1 aliphatic carbocycles. The van der Waals surface area contributed by atoms with Crippen molar-refractivity contribution in [2.75, 3.05) is 4.90 Å². The van der Waals surface area contributed by atoms with Crippen molar-refractivity contribution in [1.82, 2.24) is 9.13 Å². The molecular formula is C57H41N3. The number of rotatable bonds is 6. The van der Waals surface area contributed by atoms with Crippen LogP contribution in [0.2, 0.25) is 0 Å². The maximum atomic E-state index is 2.46. The summed E-state index contributed by atoms with van der Waals surface area (Å²) in [5.74, 6) is 0. The van der Waals surface area contributed by atoms with E-state index in [1.54, 1.807) is 0 Å². The van der Waals surface area contributed by atoms with E-state index in [-0.39, 0.29) is 5.41 Å². The number of fused-ring (bicyclic) bond motifs is 10. The molecule has 2 heterocycles. The predicted molar refractivity (Wildman–Crippen MR) is 253 cm³/mol. The zero-order valence-electron chi connectivity index (χ0n) is 33.5. The fourth-order valence-electron chi connectivity index (χ4n) is 10.1. The van der Waals surface area contributed by atoms with Crippen LogP contribution in [0.5, 0.6) is 0 Å². The van der Waals surface area contributed by atoms with Gasteiger partial charge in [-0.25, -0.2) is 0 Å². The molecule has 0 fully saturated rings.